The molecule has 0 spiro atoms. The number of anilines is 1. The molecule has 2 aromatic carbocycles. The van der Waals surface area contributed by atoms with Gasteiger partial charge < -0.3 is 14.8 Å². The quantitative estimate of drug-likeness (QED) is 0.270. The minimum Gasteiger partial charge on any atom is -0.466 e. The summed E-state index contributed by atoms with van der Waals surface area (Å²) in [5, 5.41) is -2.28. The molecule has 0 saturated carbocycles. The number of nitrogens with one attached hydrogen (secondary N) is 1. The fourth-order valence-electron chi connectivity index (χ4n) is 3.07. The smallest absolute Gasteiger partial charge is 0.416 e. The van der Waals surface area contributed by atoms with Gasteiger partial charge in [0.1, 0.15) is 11.5 Å². The summed E-state index contributed by atoms with van der Waals surface area (Å²) in [5.41, 5.74) is -2.75. The highest BCUT2D eigenvalue weighted by Crippen LogP contribution is 2.37. The lowest BCUT2D eigenvalue weighted by Gasteiger charge is -2.20. The van der Waals surface area contributed by atoms with Gasteiger partial charge in [-0.3, -0.25) is 9.59 Å². The van der Waals surface area contributed by atoms with Crippen LogP contribution < -0.4 is 10.1 Å². The molecule has 0 fully saturated rings. The van der Waals surface area contributed by atoms with Gasteiger partial charge in [0.15, 0.2) is 6.67 Å². The maximum Gasteiger partial charge on any atom is 0.416 e. The summed E-state index contributed by atoms with van der Waals surface area (Å²) in [4.78, 5) is 24.2. The van der Waals surface area contributed by atoms with Crippen molar-refractivity contribution in [2.75, 3.05) is 18.6 Å². The Bertz CT molecular complexity index is 1320. The van der Waals surface area contributed by atoms with Crippen molar-refractivity contribution in [3.63, 3.8) is 0 Å². The lowest BCUT2D eigenvalue weighted by Crippen LogP contribution is -2.32. The minimum atomic E-state index is -5.46. The summed E-state index contributed by atoms with van der Waals surface area (Å²) < 4.78 is 116. The number of ether oxygens (including phenoxy) is 2. The van der Waals surface area contributed by atoms with Crippen LogP contribution >= 0.6 is 0 Å². The van der Waals surface area contributed by atoms with Gasteiger partial charge in [0.25, 0.3) is 0 Å². The van der Waals surface area contributed by atoms with Crippen LogP contribution in [-0.4, -0.2) is 38.8 Å². The Morgan fingerprint density at radius 3 is 2.15 bits per heavy atom. The van der Waals surface area contributed by atoms with E-state index in [2.05, 4.69) is 5.32 Å². The van der Waals surface area contributed by atoms with Crippen molar-refractivity contribution in [3.8, 4) is 11.5 Å². The number of carbonyl (C=O) groups is 2. The lowest BCUT2D eigenvalue weighted by atomic mass is 9.95. The van der Waals surface area contributed by atoms with Crippen molar-refractivity contribution in [1.82, 2.24) is 0 Å². The molecule has 0 aliphatic rings. The number of hydrogen-bond acceptors (Lipinski definition) is 6. The molecular weight excluding hydrogens is 556 g/mol. The van der Waals surface area contributed by atoms with Crippen LogP contribution in [0.3, 0.4) is 0 Å². The molecule has 2 rings (SSSR count). The topological polar surface area (TPSA) is 98.8 Å². The Hall–Kier alpha value is -3.29. The summed E-state index contributed by atoms with van der Waals surface area (Å²) in [7, 11) is -5.46. The number of esters is 1. The standard InChI is InChI=1S/C25H27F6NO6S/c1-5-37-21(33)10-15-8-17(25(29,30)31)12-19(9-15)38-20-7-6-18(32-22(34)23(2,3)4)11-16(20)13-39(35,36)24(27,28)14-26/h6-9,11-12H,5,10,13-14H2,1-4H3,(H,32,34). The van der Waals surface area contributed by atoms with Crippen LogP contribution in [0.2, 0.25) is 0 Å². The summed E-state index contributed by atoms with van der Waals surface area (Å²) in [5.74, 6) is -3.75. The fraction of sp³-hybridized carbons (Fsp3) is 0.440. The van der Waals surface area contributed by atoms with E-state index in [-0.39, 0.29) is 17.9 Å². The average molecular weight is 584 g/mol. The first kappa shape index (κ1) is 31.9. The Balaban J connectivity index is 2.60. The number of halogens is 6. The normalized spacial score (nSPS) is 12.7. The molecule has 0 bridgehead atoms. The van der Waals surface area contributed by atoms with E-state index in [0.717, 1.165) is 18.2 Å². The van der Waals surface area contributed by atoms with Crippen molar-refractivity contribution in [2.24, 2.45) is 5.41 Å². The number of sulfone groups is 1. The van der Waals surface area contributed by atoms with Crippen LogP contribution in [0.1, 0.15) is 44.4 Å². The summed E-state index contributed by atoms with van der Waals surface area (Å²) in [6.45, 7) is 3.73. The zero-order valence-corrected chi connectivity index (χ0v) is 22.2. The van der Waals surface area contributed by atoms with Gasteiger partial charge in [-0.15, -0.1) is 0 Å². The Morgan fingerprint density at radius 2 is 1.62 bits per heavy atom. The van der Waals surface area contributed by atoms with Gasteiger partial charge in [0.2, 0.25) is 15.7 Å². The first-order chi connectivity index (χ1) is 17.8. The molecule has 216 valence electrons. The number of rotatable bonds is 10. The number of carbonyl (C=O) groups excluding carboxylic acids is 2. The van der Waals surface area contributed by atoms with E-state index >= 15 is 0 Å². The monoisotopic (exact) mass is 583 g/mol. The predicted octanol–water partition coefficient (Wildman–Crippen LogP) is 6.07. The second-order valence-corrected chi connectivity index (χ2v) is 11.6. The molecule has 0 saturated heterocycles. The highest BCUT2D eigenvalue weighted by atomic mass is 32.2. The van der Waals surface area contributed by atoms with Crippen molar-refractivity contribution in [2.45, 2.75) is 51.3 Å². The Kier molecular flexibility index (Phi) is 9.69. The zero-order chi connectivity index (χ0) is 29.8. The third-order valence-corrected chi connectivity index (χ3v) is 6.84. The fourth-order valence-corrected chi connectivity index (χ4v) is 4.09. The van der Waals surface area contributed by atoms with Gasteiger partial charge in [-0.25, -0.2) is 12.8 Å². The molecular formula is C25H27F6NO6S. The van der Waals surface area contributed by atoms with Crippen LogP contribution in [-0.2, 0) is 42.5 Å². The zero-order valence-electron chi connectivity index (χ0n) is 21.4. The first-order valence-corrected chi connectivity index (χ1v) is 13.1. The second kappa shape index (κ2) is 11.8. The molecule has 0 aromatic heterocycles. The third-order valence-electron chi connectivity index (χ3n) is 5.13. The van der Waals surface area contributed by atoms with Gasteiger partial charge in [-0.1, -0.05) is 20.8 Å². The number of benzene rings is 2. The van der Waals surface area contributed by atoms with Gasteiger partial charge >= 0.3 is 17.4 Å². The SMILES string of the molecule is CCOC(=O)Cc1cc(Oc2ccc(NC(=O)C(C)(C)C)cc2CS(=O)(=O)C(F)(F)CF)cc(C(F)(F)F)c1. The Morgan fingerprint density at radius 1 is 0.974 bits per heavy atom. The van der Waals surface area contributed by atoms with Gasteiger partial charge in [0, 0.05) is 16.7 Å². The van der Waals surface area contributed by atoms with E-state index in [0.29, 0.717) is 12.1 Å². The van der Waals surface area contributed by atoms with Gasteiger partial charge in [-0.2, -0.15) is 22.0 Å². The highest BCUT2D eigenvalue weighted by molar-refractivity contribution is 7.91. The highest BCUT2D eigenvalue weighted by Gasteiger charge is 2.45. The molecule has 14 heteroatoms. The summed E-state index contributed by atoms with van der Waals surface area (Å²) >= 11 is 0. The van der Waals surface area contributed by atoms with Crippen LogP contribution in [0, 0.1) is 5.41 Å². The molecule has 0 aliphatic heterocycles. The third kappa shape index (κ3) is 8.60. The van der Waals surface area contributed by atoms with E-state index < -0.39 is 80.0 Å². The molecule has 0 atom stereocenters. The molecule has 0 heterocycles. The van der Waals surface area contributed by atoms with E-state index in [1.54, 1.807) is 20.8 Å². The van der Waals surface area contributed by atoms with Crippen LogP contribution in [0.4, 0.5) is 32.0 Å². The second-order valence-electron chi connectivity index (χ2n) is 9.50. The van der Waals surface area contributed by atoms with Crippen LogP contribution in [0.5, 0.6) is 11.5 Å². The molecule has 0 aliphatic carbocycles. The van der Waals surface area contributed by atoms with E-state index in [4.69, 9.17) is 9.47 Å². The average Bonchev–Trinajstić information content (AvgIpc) is 2.79. The maximum atomic E-state index is 13.8. The number of hydrogen-bond donors (Lipinski definition) is 1. The van der Waals surface area contributed by atoms with Gasteiger partial charge in [0.05, 0.1) is 24.3 Å². The molecule has 0 radical (unpaired) electrons. The molecule has 39 heavy (non-hydrogen) atoms. The largest absolute Gasteiger partial charge is 0.466 e. The summed E-state index contributed by atoms with van der Waals surface area (Å²) in [6.07, 6.45) is -5.41. The van der Waals surface area contributed by atoms with Crippen molar-refractivity contribution >= 4 is 27.4 Å². The molecule has 1 amide bonds. The van der Waals surface area contributed by atoms with Gasteiger partial charge in [-0.05, 0) is 48.9 Å². The Labute approximate surface area is 221 Å². The lowest BCUT2D eigenvalue weighted by molar-refractivity contribution is -0.142. The minimum absolute atomic E-state index is 0.0133. The number of amides is 1. The molecule has 7 nitrogen and oxygen atoms in total. The van der Waals surface area contributed by atoms with Crippen molar-refractivity contribution in [3.05, 3.63) is 53.1 Å². The molecule has 1 N–H and O–H groups in total. The summed E-state index contributed by atoms with van der Waals surface area (Å²) in [6, 6.07) is 5.59. The molecule has 2 aromatic rings. The van der Waals surface area contributed by atoms with E-state index in [1.165, 1.54) is 13.0 Å². The van der Waals surface area contributed by atoms with Crippen molar-refractivity contribution in [1.29, 1.82) is 0 Å². The van der Waals surface area contributed by atoms with Crippen LogP contribution in [0.25, 0.3) is 0 Å². The van der Waals surface area contributed by atoms with E-state index in [9.17, 15) is 44.3 Å². The van der Waals surface area contributed by atoms with Crippen LogP contribution in [0.15, 0.2) is 36.4 Å². The maximum absolute atomic E-state index is 13.8. The predicted molar refractivity (Wildman–Crippen MR) is 130 cm³/mol. The molecule has 0 unspecified atom stereocenters. The first-order valence-electron chi connectivity index (χ1n) is 11.4. The number of alkyl halides is 6. The van der Waals surface area contributed by atoms with Crippen molar-refractivity contribution < 1.29 is 53.8 Å². The van der Waals surface area contributed by atoms with E-state index in [1.807, 2.05) is 0 Å².